The number of hydrogen-bond donors (Lipinski definition) is 2. The molecule has 2 aromatic carbocycles. The van der Waals surface area contributed by atoms with E-state index in [9.17, 15) is 9.59 Å². The van der Waals surface area contributed by atoms with Gasteiger partial charge in [0.05, 0.1) is 12.2 Å². The van der Waals surface area contributed by atoms with Gasteiger partial charge >= 0.3 is 0 Å². The number of carbonyl (C=O) groups is 2. The number of amides is 2. The Morgan fingerprint density at radius 3 is 2.55 bits per heavy atom. The number of carbonyl (C=O) groups excluding carboxylic acids is 2. The van der Waals surface area contributed by atoms with Crippen LogP contribution in [-0.2, 0) is 23.1 Å². The molecule has 3 rings (SSSR count). The van der Waals surface area contributed by atoms with Crippen molar-refractivity contribution < 1.29 is 9.59 Å². The van der Waals surface area contributed by atoms with E-state index in [1.807, 2.05) is 39.0 Å². The molecule has 0 unspecified atom stereocenters. The predicted molar refractivity (Wildman–Crippen MR) is 125 cm³/mol. The highest BCUT2D eigenvalue weighted by Gasteiger charge is 2.15. The van der Waals surface area contributed by atoms with E-state index in [1.165, 1.54) is 17.3 Å². The number of anilines is 2. The zero-order valence-corrected chi connectivity index (χ0v) is 19.4. The summed E-state index contributed by atoms with van der Waals surface area (Å²) in [5, 5.41) is 15.1. The van der Waals surface area contributed by atoms with Crippen LogP contribution >= 0.6 is 23.4 Å². The highest BCUT2D eigenvalue weighted by molar-refractivity contribution is 7.99. The van der Waals surface area contributed by atoms with Gasteiger partial charge in [-0.1, -0.05) is 35.5 Å². The monoisotopic (exact) mass is 457 g/mol. The number of nitrogens with zero attached hydrogens (tertiary/aromatic N) is 3. The fourth-order valence-corrected chi connectivity index (χ4v) is 3.76. The first-order valence-electron chi connectivity index (χ1n) is 9.67. The molecule has 0 atom stereocenters. The second kappa shape index (κ2) is 9.98. The third-order valence-corrected chi connectivity index (χ3v) is 6.34. The molecule has 2 N–H and O–H groups in total. The molecule has 0 fully saturated rings. The molecule has 1 aromatic heterocycles. The van der Waals surface area contributed by atoms with Gasteiger partial charge in [-0.25, -0.2) is 0 Å². The van der Waals surface area contributed by atoms with Crippen LogP contribution in [0, 0.1) is 20.8 Å². The molecule has 162 valence electrons. The number of aromatic nitrogens is 3. The van der Waals surface area contributed by atoms with Gasteiger partial charge in [0.1, 0.15) is 5.82 Å². The Morgan fingerprint density at radius 1 is 1.03 bits per heavy atom. The minimum Gasteiger partial charge on any atom is -0.326 e. The Morgan fingerprint density at radius 2 is 1.81 bits per heavy atom. The molecule has 7 nitrogen and oxygen atoms in total. The maximum Gasteiger partial charge on any atom is 0.234 e. The lowest BCUT2D eigenvalue weighted by Crippen LogP contribution is -2.17. The largest absolute Gasteiger partial charge is 0.326 e. The molecule has 0 aliphatic rings. The van der Waals surface area contributed by atoms with Gasteiger partial charge in [-0.15, -0.1) is 10.2 Å². The molecular formula is C22H24ClN5O2S. The van der Waals surface area contributed by atoms with Crippen molar-refractivity contribution in [2.45, 2.75) is 32.3 Å². The maximum absolute atomic E-state index is 12.4. The summed E-state index contributed by atoms with van der Waals surface area (Å²) in [5.41, 5.74) is 4.53. The topological polar surface area (TPSA) is 88.9 Å². The van der Waals surface area contributed by atoms with Gasteiger partial charge < -0.3 is 15.2 Å². The van der Waals surface area contributed by atoms with Gasteiger partial charge in [0, 0.05) is 23.4 Å². The molecule has 3 aromatic rings. The number of benzene rings is 2. The van der Waals surface area contributed by atoms with Gasteiger partial charge in [0.25, 0.3) is 0 Å². The van der Waals surface area contributed by atoms with Crippen LogP contribution in [0.4, 0.5) is 11.4 Å². The lowest BCUT2D eigenvalue weighted by Gasteiger charge is -2.09. The Kier molecular flexibility index (Phi) is 7.35. The predicted octanol–water partition coefficient (Wildman–Crippen LogP) is 4.31. The van der Waals surface area contributed by atoms with Crippen molar-refractivity contribution in [3.63, 3.8) is 0 Å². The van der Waals surface area contributed by atoms with Crippen molar-refractivity contribution >= 4 is 46.6 Å². The maximum atomic E-state index is 12.4. The first-order valence-corrected chi connectivity index (χ1v) is 11.0. The molecule has 9 heteroatoms. The molecule has 2 amide bonds. The van der Waals surface area contributed by atoms with Crippen LogP contribution < -0.4 is 10.6 Å². The summed E-state index contributed by atoms with van der Waals surface area (Å²) in [4.78, 5) is 24.7. The Labute approximate surface area is 190 Å². The van der Waals surface area contributed by atoms with Crippen LogP contribution in [0.3, 0.4) is 0 Å². The summed E-state index contributed by atoms with van der Waals surface area (Å²) >= 11 is 7.34. The Bertz CT molecular complexity index is 1130. The van der Waals surface area contributed by atoms with E-state index in [1.54, 1.807) is 29.8 Å². The van der Waals surface area contributed by atoms with Gasteiger partial charge in [-0.05, 0) is 61.7 Å². The molecule has 0 aliphatic heterocycles. The summed E-state index contributed by atoms with van der Waals surface area (Å²) in [7, 11) is 1.78. The summed E-state index contributed by atoms with van der Waals surface area (Å²) in [5.74, 6) is 0.332. The van der Waals surface area contributed by atoms with Gasteiger partial charge in [0.15, 0.2) is 5.16 Å². The van der Waals surface area contributed by atoms with Crippen molar-refractivity contribution in [3.05, 3.63) is 63.9 Å². The van der Waals surface area contributed by atoms with E-state index < -0.39 is 0 Å². The molecule has 0 saturated carbocycles. The van der Waals surface area contributed by atoms with Crippen molar-refractivity contribution in [2.75, 3.05) is 16.4 Å². The van der Waals surface area contributed by atoms with E-state index in [4.69, 9.17) is 11.6 Å². The van der Waals surface area contributed by atoms with Gasteiger partial charge in [-0.3, -0.25) is 9.59 Å². The van der Waals surface area contributed by atoms with Crippen LogP contribution in [0.25, 0.3) is 0 Å². The quantitative estimate of drug-likeness (QED) is 0.516. The zero-order chi connectivity index (χ0) is 22.5. The minimum absolute atomic E-state index is 0.0882. The third-order valence-electron chi connectivity index (χ3n) is 4.91. The molecule has 1 heterocycles. The number of hydrogen-bond acceptors (Lipinski definition) is 5. The lowest BCUT2D eigenvalue weighted by atomic mass is 10.1. The highest BCUT2D eigenvalue weighted by atomic mass is 35.5. The number of aryl methyl sites for hydroxylation is 2. The van der Waals surface area contributed by atoms with Crippen molar-refractivity contribution in [1.29, 1.82) is 0 Å². The summed E-state index contributed by atoms with van der Waals surface area (Å²) in [6.07, 6.45) is 0.0882. The fraction of sp³-hybridized carbons (Fsp3) is 0.273. The SMILES string of the molecule is Cc1ccc(NC(=O)Cc2nnc(SCC(=O)Nc3cccc(Cl)c3C)n2C)cc1C. The molecule has 0 aliphatic carbocycles. The Balaban J connectivity index is 1.55. The summed E-state index contributed by atoms with van der Waals surface area (Å²) in [6, 6.07) is 11.1. The molecule has 0 spiro atoms. The first kappa shape index (κ1) is 22.8. The van der Waals surface area contributed by atoms with E-state index in [-0.39, 0.29) is 24.0 Å². The molecule has 0 saturated heterocycles. The molecule has 0 bridgehead atoms. The van der Waals surface area contributed by atoms with Crippen LogP contribution in [0.1, 0.15) is 22.5 Å². The molecule has 31 heavy (non-hydrogen) atoms. The minimum atomic E-state index is -0.176. The Hall–Kier alpha value is -2.84. The number of rotatable bonds is 7. The number of nitrogens with one attached hydrogen (secondary N) is 2. The molecular weight excluding hydrogens is 434 g/mol. The van der Waals surface area contributed by atoms with Gasteiger partial charge in [-0.2, -0.15) is 0 Å². The van der Waals surface area contributed by atoms with Crippen molar-refractivity contribution in [2.24, 2.45) is 7.05 Å². The van der Waals surface area contributed by atoms with Crippen molar-refractivity contribution in [1.82, 2.24) is 14.8 Å². The van der Waals surface area contributed by atoms with Crippen LogP contribution in [0.15, 0.2) is 41.6 Å². The summed E-state index contributed by atoms with van der Waals surface area (Å²) < 4.78 is 1.72. The van der Waals surface area contributed by atoms with Gasteiger partial charge in [0.2, 0.25) is 11.8 Å². The highest BCUT2D eigenvalue weighted by Crippen LogP contribution is 2.24. The number of halogens is 1. The van der Waals surface area contributed by atoms with Crippen LogP contribution in [0.5, 0.6) is 0 Å². The standard InChI is InChI=1S/C22H24ClN5O2S/c1-13-8-9-16(10-14(13)2)24-20(29)11-19-26-27-22(28(19)4)31-12-21(30)25-18-7-5-6-17(23)15(18)3/h5-10H,11-12H2,1-4H3,(H,24,29)(H,25,30). The second-order valence-corrected chi connectivity index (χ2v) is 8.58. The van der Waals surface area contributed by atoms with Crippen LogP contribution in [0.2, 0.25) is 5.02 Å². The average molecular weight is 458 g/mol. The smallest absolute Gasteiger partial charge is 0.234 e. The van der Waals surface area contributed by atoms with Crippen molar-refractivity contribution in [3.8, 4) is 0 Å². The first-order chi connectivity index (χ1) is 14.7. The zero-order valence-electron chi connectivity index (χ0n) is 17.8. The van der Waals surface area contributed by atoms with E-state index >= 15 is 0 Å². The van der Waals surface area contributed by atoms with E-state index in [0.717, 1.165) is 16.8 Å². The normalized spacial score (nSPS) is 10.7. The lowest BCUT2D eigenvalue weighted by molar-refractivity contribution is -0.116. The van der Waals surface area contributed by atoms with E-state index in [0.29, 0.717) is 21.7 Å². The fourth-order valence-electron chi connectivity index (χ4n) is 2.85. The average Bonchev–Trinajstić information content (AvgIpc) is 3.06. The van der Waals surface area contributed by atoms with E-state index in [2.05, 4.69) is 20.8 Å². The summed E-state index contributed by atoms with van der Waals surface area (Å²) in [6.45, 7) is 5.88. The number of thioether (sulfide) groups is 1. The molecule has 0 radical (unpaired) electrons. The second-order valence-electron chi connectivity index (χ2n) is 7.23. The van der Waals surface area contributed by atoms with Crippen LogP contribution in [-0.4, -0.2) is 32.3 Å². The third kappa shape index (κ3) is 5.86.